The first-order valence-corrected chi connectivity index (χ1v) is 9.90. The summed E-state index contributed by atoms with van der Waals surface area (Å²) in [6, 6.07) is 26.0. The summed E-state index contributed by atoms with van der Waals surface area (Å²) in [7, 11) is 0. The predicted molar refractivity (Wildman–Crippen MR) is 110 cm³/mol. The molecule has 0 saturated carbocycles. The van der Waals surface area contributed by atoms with Gasteiger partial charge in [0.15, 0.2) is 0 Å². The number of hydrogen-bond acceptors (Lipinski definition) is 3. The Morgan fingerprint density at radius 3 is 2.41 bits per heavy atom. The third-order valence-electron chi connectivity index (χ3n) is 4.31. The molecule has 5 aromatic rings. The van der Waals surface area contributed by atoms with Gasteiger partial charge < -0.3 is 0 Å². The van der Waals surface area contributed by atoms with Crippen molar-refractivity contribution in [2.24, 2.45) is 0 Å². The monoisotopic (exact) mass is 474 g/mol. The number of thiophene rings is 1. The van der Waals surface area contributed by atoms with Gasteiger partial charge in [-0.15, -0.1) is 0 Å². The summed E-state index contributed by atoms with van der Waals surface area (Å²) in [5.41, 5.74) is 4.85. The molecule has 0 aliphatic heterocycles. The van der Waals surface area contributed by atoms with Crippen LogP contribution in [0.1, 0.15) is 0 Å². The standard InChI is InChI=1S/C22H12N2SSe.Ni/c26-20-9-4-8-18-21(20)22-19(25-18)11-10-17(24-22)15-6-3-5-14(13-15)16-7-1-2-12-23-16;/h1-12H;/q-1;. The number of fused-ring (bicyclic) bond motifs is 3. The number of benzene rings is 2. The fourth-order valence-electron chi connectivity index (χ4n) is 3.10. The fraction of sp³-hybridized carbons (Fsp3) is 0. The van der Waals surface area contributed by atoms with Crippen molar-refractivity contribution < 1.29 is 16.5 Å². The number of nitrogens with zero attached hydrogens (tertiary/aromatic N) is 2. The summed E-state index contributed by atoms with van der Waals surface area (Å²) in [6.07, 6.45) is 1.80. The van der Waals surface area contributed by atoms with Crippen LogP contribution in [0.3, 0.4) is 0 Å². The Bertz CT molecular complexity index is 1250. The van der Waals surface area contributed by atoms with Crippen molar-refractivity contribution in [3.8, 4) is 22.5 Å². The summed E-state index contributed by atoms with van der Waals surface area (Å²) in [5, 5.41) is 1.20. The molecule has 2 aromatic carbocycles. The molecule has 27 heavy (non-hydrogen) atoms. The molecule has 0 aliphatic carbocycles. The topological polar surface area (TPSA) is 25.8 Å². The second-order valence-corrected chi connectivity index (χ2v) is 7.97. The molecule has 3 heterocycles. The Morgan fingerprint density at radius 1 is 0.778 bits per heavy atom. The maximum absolute atomic E-state index is 4.97. The van der Waals surface area contributed by atoms with Crippen molar-refractivity contribution in [3.63, 3.8) is 0 Å². The van der Waals surface area contributed by atoms with Gasteiger partial charge in [0.05, 0.1) is 0 Å². The Labute approximate surface area is 179 Å². The minimum absolute atomic E-state index is 0. The van der Waals surface area contributed by atoms with Crippen LogP contribution in [0.25, 0.3) is 42.8 Å². The average Bonchev–Trinajstić information content (AvgIpc) is 3.08. The van der Waals surface area contributed by atoms with Gasteiger partial charge in [-0.1, -0.05) is 0 Å². The van der Waals surface area contributed by atoms with E-state index < -0.39 is 0 Å². The van der Waals surface area contributed by atoms with Crippen LogP contribution in [-0.4, -0.2) is 26.0 Å². The van der Waals surface area contributed by atoms with E-state index in [9.17, 15) is 0 Å². The van der Waals surface area contributed by atoms with Gasteiger partial charge in [-0.05, 0) is 0 Å². The summed E-state index contributed by atoms with van der Waals surface area (Å²) in [6.45, 7) is 0. The Morgan fingerprint density at radius 2 is 1.59 bits per heavy atom. The van der Waals surface area contributed by atoms with Gasteiger partial charge in [0, 0.05) is 16.5 Å². The van der Waals surface area contributed by atoms with Crippen LogP contribution in [0.2, 0.25) is 0 Å². The fourth-order valence-corrected chi connectivity index (χ4v) is 4.91. The van der Waals surface area contributed by atoms with E-state index in [0.717, 1.165) is 32.5 Å². The van der Waals surface area contributed by atoms with Crippen molar-refractivity contribution in [1.29, 1.82) is 0 Å². The molecule has 0 N–H and O–H groups in total. The second-order valence-electron chi connectivity index (χ2n) is 5.97. The van der Waals surface area contributed by atoms with E-state index in [-0.39, 0.29) is 16.5 Å². The average molecular weight is 474 g/mol. The molecule has 3 aromatic heterocycles. The first-order chi connectivity index (χ1) is 12.8. The van der Waals surface area contributed by atoms with Crippen molar-refractivity contribution in [2.75, 3.05) is 0 Å². The predicted octanol–water partition coefficient (Wildman–Crippen LogP) is 4.77. The molecule has 0 amide bonds. The third kappa shape index (κ3) is 3.33. The van der Waals surface area contributed by atoms with Crippen LogP contribution in [-0.2, 0) is 16.5 Å². The molecule has 5 heteroatoms. The van der Waals surface area contributed by atoms with Crippen LogP contribution < -0.4 is 4.46 Å². The van der Waals surface area contributed by atoms with Gasteiger partial charge in [0.25, 0.3) is 0 Å². The van der Waals surface area contributed by atoms with Crippen molar-refractivity contribution in [3.05, 3.63) is 79.0 Å². The molecular weight excluding hydrogens is 462 g/mol. The van der Waals surface area contributed by atoms with E-state index in [2.05, 4.69) is 57.4 Å². The molecule has 0 fully saturated rings. The Hall–Kier alpha value is -2.03. The first kappa shape index (κ1) is 18.3. The van der Waals surface area contributed by atoms with E-state index in [4.69, 9.17) is 4.98 Å². The Kier molecular flexibility index (Phi) is 5.12. The van der Waals surface area contributed by atoms with E-state index >= 15 is 0 Å². The van der Waals surface area contributed by atoms with E-state index in [1.807, 2.05) is 36.4 Å². The molecule has 0 bridgehead atoms. The summed E-state index contributed by atoms with van der Waals surface area (Å²) in [5.74, 6) is 0. The van der Waals surface area contributed by atoms with Crippen molar-refractivity contribution in [1.82, 2.24) is 9.97 Å². The number of hydrogen-bond donors (Lipinski definition) is 0. The van der Waals surface area contributed by atoms with Gasteiger partial charge in [0.2, 0.25) is 0 Å². The van der Waals surface area contributed by atoms with E-state index in [1.165, 1.54) is 14.8 Å². The third-order valence-corrected chi connectivity index (χ3v) is 6.14. The van der Waals surface area contributed by atoms with Gasteiger partial charge in [-0.3, -0.25) is 0 Å². The zero-order valence-electron chi connectivity index (χ0n) is 14.0. The second kappa shape index (κ2) is 7.54. The first-order valence-electron chi connectivity index (χ1n) is 8.23. The van der Waals surface area contributed by atoms with Crippen molar-refractivity contribution >= 4 is 52.1 Å². The van der Waals surface area contributed by atoms with Gasteiger partial charge >= 0.3 is 164 Å². The van der Waals surface area contributed by atoms with Gasteiger partial charge in [-0.2, -0.15) is 0 Å². The van der Waals surface area contributed by atoms with Crippen LogP contribution in [0.4, 0.5) is 0 Å². The van der Waals surface area contributed by atoms with E-state index in [1.54, 1.807) is 17.5 Å². The molecular formula is C22H12N2NiSSe-. The summed E-state index contributed by atoms with van der Waals surface area (Å²) < 4.78 is 3.60. The normalized spacial score (nSPS) is 10.8. The van der Waals surface area contributed by atoms with Crippen LogP contribution in [0.15, 0.2) is 72.9 Å². The van der Waals surface area contributed by atoms with Gasteiger partial charge in [-0.25, -0.2) is 0 Å². The molecule has 0 unspecified atom stereocenters. The SMILES string of the molecule is [Ni].[Se]c1cccc2sc3ccc(-c4[c-]c(-c5ccccn5)ccc4)nc3c12. The quantitative estimate of drug-likeness (QED) is 0.272. The molecule has 5 rings (SSSR count). The Balaban J connectivity index is 0.00000180. The van der Waals surface area contributed by atoms with Crippen LogP contribution in [0, 0.1) is 6.07 Å². The zero-order valence-corrected chi connectivity index (χ0v) is 17.5. The molecule has 0 aliphatic rings. The van der Waals surface area contributed by atoms with Crippen LogP contribution >= 0.6 is 11.3 Å². The molecule has 1 radical (unpaired) electrons. The molecule has 133 valence electrons. The zero-order chi connectivity index (χ0) is 17.5. The molecule has 0 atom stereocenters. The van der Waals surface area contributed by atoms with E-state index in [0.29, 0.717) is 0 Å². The number of rotatable bonds is 2. The summed E-state index contributed by atoms with van der Waals surface area (Å²) in [4.78, 5) is 9.39. The number of aromatic nitrogens is 2. The van der Waals surface area contributed by atoms with Crippen LogP contribution in [0.5, 0.6) is 0 Å². The molecule has 2 nitrogen and oxygen atoms in total. The minimum atomic E-state index is 0. The van der Waals surface area contributed by atoms with Gasteiger partial charge in [0.1, 0.15) is 0 Å². The maximum atomic E-state index is 4.97. The molecule has 0 saturated heterocycles. The summed E-state index contributed by atoms with van der Waals surface area (Å²) >= 11 is 4.94. The van der Waals surface area contributed by atoms with Crippen molar-refractivity contribution in [2.45, 2.75) is 0 Å². The number of pyridine rings is 2. The molecule has 0 spiro atoms.